The molecule has 0 atom stereocenters. The molecule has 0 amide bonds. The zero-order valence-electron chi connectivity index (χ0n) is 5.24. The summed E-state index contributed by atoms with van der Waals surface area (Å²) in [4.78, 5) is 0.218. The van der Waals surface area contributed by atoms with Gasteiger partial charge < -0.3 is 5.32 Å². The van der Waals surface area contributed by atoms with Crippen LogP contribution in [0.15, 0.2) is 23.3 Å². The highest BCUT2D eigenvalue weighted by molar-refractivity contribution is 7.93. The normalized spacial score (nSPS) is 17.9. The molecule has 0 saturated heterocycles. The lowest BCUT2D eigenvalue weighted by molar-refractivity contribution is 0.602. The average molecular weight is 160 g/mol. The minimum atomic E-state index is -3.48. The molecular formula is C5H8N2O2S. The number of hydrogen-bond donors (Lipinski definition) is 2. The fourth-order valence-corrected chi connectivity index (χ4v) is 1.19. The molecule has 1 aliphatic rings. The molecule has 0 unspecified atom stereocenters. The van der Waals surface area contributed by atoms with Gasteiger partial charge in [-0.2, -0.15) is 0 Å². The molecule has 0 aromatic heterocycles. The van der Waals surface area contributed by atoms with Gasteiger partial charge in [0.05, 0.1) is 11.4 Å². The summed E-state index contributed by atoms with van der Waals surface area (Å²) in [6.45, 7) is 0.287. The molecule has 56 valence electrons. The van der Waals surface area contributed by atoms with Crippen molar-refractivity contribution in [1.82, 2.24) is 5.32 Å². The van der Waals surface area contributed by atoms with Crippen LogP contribution in [0.2, 0.25) is 0 Å². The molecule has 1 rings (SSSR count). The number of primary sulfonamides is 1. The molecule has 5 heteroatoms. The Balaban J connectivity index is 2.93. The number of rotatable bonds is 1. The van der Waals surface area contributed by atoms with Crippen LogP contribution in [-0.4, -0.2) is 15.0 Å². The molecule has 3 N–H and O–H groups in total. The zero-order chi connectivity index (χ0) is 7.61. The molecule has 0 radical (unpaired) electrons. The quantitative estimate of drug-likeness (QED) is 0.531. The van der Waals surface area contributed by atoms with E-state index in [1.54, 1.807) is 12.3 Å². The van der Waals surface area contributed by atoms with Crippen molar-refractivity contribution < 1.29 is 8.42 Å². The zero-order valence-corrected chi connectivity index (χ0v) is 6.06. The highest BCUT2D eigenvalue weighted by atomic mass is 32.2. The van der Waals surface area contributed by atoms with Gasteiger partial charge in [-0.3, -0.25) is 0 Å². The van der Waals surface area contributed by atoms with Gasteiger partial charge in [-0.15, -0.1) is 0 Å². The summed E-state index contributed by atoms with van der Waals surface area (Å²) in [6, 6.07) is 0. The van der Waals surface area contributed by atoms with E-state index in [2.05, 4.69) is 5.32 Å². The van der Waals surface area contributed by atoms with Gasteiger partial charge in [-0.1, -0.05) is 0 Å². The van der Waals surface area contributed by atoms with Crippen LogP contribution in [0.3, 0.4) is 0 Å². The number of sulfonamides is 1. The van der Waals surface area contributed by atoms with E-state index in [4.69, 9.17) is 5.14 Å². The van der Waals surface area contributed by atoms with Crippen molar-refractivity contribution in [2.75, 3.05) is 6.54 Å². The molecule has 0 saturated carbocycles. The first-order chi connectivity index (χ1) is 4.61. The van der Waals surface area contributed by atoms with Crippen LogP contribution < -0.4 is 10.5 Å². The monoisotopic (exact) mass is 160 g/mol. The van der Waals surface area contributed by atoms with E-state index < -0.39 is 10.0 Å². The first-order valence-electron chi connectivity index (χ1n) is 2.72. The molecule has 0 spiro atoms. The lowest BCUT2D eigenvalue weighted by Crippen LogP contribution is -2.24. The van der Waals surface area contributed by atoms with E-state index in [9.17, 15) is 8.42 Å². The number of allylic oxidation sites excluding steroid dienone is 2. The lowest BCUT2D eigenvalue weighted by Gasteiger charge is -2.06. The SMILES string of the molecule is NS(=O)(=O)C1=CC=CNC1. The van der Waals surface area contributed by atoms with Crippen LogP contribution >= 0.6 is 0 Å². The van der Waals surface area contributed by atoms with E-state index in [0.717, 1.165) is 0 Å². The molecule has 0 bridgehead atoms. The van der Waals surface area contributed by atoms with Crippen LogP contribution in [0.5, 0.6) is 0 Å². The van der Waals surface area contributed by atoms with Crippen LogP contribution in [0.25, 0.3) is 0 Å². The maximum Gasteiger partial charge on any atom is 0.235 e. The summed E-state index contributed by atoms with van der Waals surface area (Å²) in [7, 11) is -3.48. The molecule has 0 aromatic rings. The summed E-state index contributed by atoms with van der Waals surface area (Å²) < 4.78 is 21.2. The Bertz CT molecular complexity index is 276. The molecule has 0 aromatic carbocycles. The van der Waals surface area contributed by atoms with E-state index in [0.29, 0.717) is 0 Å². The van der Waals surface area contributed by atoms with Gasteiger partial charge in [-0.25, -0.2) is 13.6 Å². The fraction of sp³-hybridized carbons (Fsp3) is 0.200. The number of dihydropyridines is 1. The fourth-order valence-electron chi connectivity index (χ4n) is 0.637. The third-order valence-corrected chi connectivity index (χ3v) is 2.15. The predicted molar refractivity (Wildman–Crippen MR) is 38.3 cm³/mol. The van der Waals surface area contributed by atoms with Crippen molar-refractivity contribution in [1.29, 1.82) is 0 Å². The Kier molecular flexibility index (Phi) is 1.78. The van der Waals surface area contributed by atoms with Crippen molar-refractivity contribution >= 4 is 10.0 Å². The van der Waals surface area contributed by atoms with Crippen LogP contribution in [-0.2, 0) is 10.0 Å². The molecule has 1 aliphatic heterocycles. The molecule has 0 fully saturated rings. The Morgan fingerprint density at radius 3 is 2.60 bits per heavy atom. The smallest absolute Gasteiger partial charge is 0.235 e. The van der Waals surface area contributed by atoms with Gasteiger partial charge in [0.25, 0.3) is 0 Å². The maximum atomic E-state index is 10.6. The molecule has 0 aliphatic carbocycles. The summed E-state index contributed by atoms with van der Waals surface area (Å²) in [5.41, 5.74) is 0. The number of hydrogen-bond acceptors (Lipinski definition) is 3. The van der Waals surface area contributed by atoms with Crippen LogP contribution in [0.1, 0.15) is 0 Å². The van der Waals surface area contributed by atoms with Crippen LogP contribution in [0.4, 0.5) is 0 Å². The second-order valence-corrected chi connectivity index (χ2v) is 3.53. The van der Waals surface area contributed by atoms with Gasteiger partial charge in [-0.05, 0) is 18.4 Å². The summed E-state index contributed by atoms with van der Waals surface area (Å²) in [5, 5.41) is 7.57. The first kappa shape index (κ1) is 7.30. The standard InChI is InChI=1S/C5H8N2O2S/c6-10(8,9)5-2-1-3-7-4-5/h1-3,7H,4H2,(H2,6,8,9). The van der Waals surface area contributed by atoms with E-state index in [1.165, 1.54) is 6.08 Å². The largest absolute Gasteiger partial charge is 0.386 e. The first-order valence-corrected chi connectivity index (χ1v) is 4.27. The minimum Gasteiger partial charge on any atom is -0.386 e. The Morgan fingerprint density at radius 2 is 2.30 bits per heavy atom. The van der Waals surface area contributed by atoms with E-state index in [-0.39, 0.29) is 11.4 Å². The summed E-state index contributed by atoms with van der Waals surface area (Å²) in [5.74, 6) is 0. The molecule has 10 heavy (non-hydrogen) atoms. The van der Waals surface area contributed by atoms with Crippen molar-refractivity contribution in [3.05, 3.63) is 23.3 Å². The van der Waals surface area contributed by atoms with Crippen molar-refractivity contribution in [2.24, 2.45) is 5.14 Å². The Morgan fingerprint density at radius 1 is 1.60 bits per heavy atom. The highest BCUT2D eigenvalue weighted by Crippen LogP contribution is 2.02. The second kappa shape index (κ2) is 2.43. The van der Waals surface area contributed by atoms with Crippen LogP contribution in [0, 0.1) is 0 Å². The van der Waals surface area contributed by atoms with Gasteiger partial charge in [0.15, 0.2) is 0 Å². The summed E-state index contributed by atoms with van der Waals surface area (Å²) >= 11 is 0. The predicted octanol–water partition coefficient (Wildman–Crippen LogP) is -0.724. The van der Waals surface area contributed by atoms with E-state index >= 15 is 0 Å². The van der Waals surface area contributed by atoms with Gasteiger partial charge in [0.2, 0.25) is 10.0 Å². The second-order valence-electron chi connectivity index (χ2n) is 1.92. The highest BCUT2D eigenvalue weighted by Gasteiger charge is 2.10. The van der Waals surface area contributed by atoms with Crippen molar-refractivity contribution in [2.45, 2.75) is 0 Å². The molecule has 1 heterocycles. The third kappa shape index (κ3) is 1.58. The summed E-state index contributed by atoms with van der Waals surface area (Å²) in [6.07, 6.45) is 4.74. The van der Waals surface area contributed by atoms with E-state index in [1.807, 2.05) is 0 Å². The number of nitrogens with two attached hydrogens (primary N) is 1. The third-order valence-electron chi connectivity index (χ3n) is 1.14. The number of nitrogens with one attached hydrogen (secondary N) is 1. The van der Waals surface area contributed by atoms with Crippen molar-refractivity contribution in [3.8, 4) is 0 Å². The Labute approximate surface area is 59.5 Å². The average Bonchev–Trinajstić information content (AvgIpc) is 1.88. The topological polar surface area (TPSA) is 72.2 Å². The van der Waals surface area contributed by atoms with Gasteiger partial charge in [0.1, 0.15) is 0 Å². The Hall–Kier alpha value is -0.810. The lowest BCUT2D eigenvalue weighted by atomic mass is 10.4. The molecular weight excluding hydrogens is 152 g/mol. The van der Waals surface area contributed by atoms with Crippen molar-refractivity contribution in [3.63, 3.8) is 0 Å². The van der Waals surface area contributed by atoms with Gasteiger partial charge >= 0.3 is 0 Å². The van der Waals surface area contributed by atoms with Gasteiger partial charge in [0, 0.05) is 0 Å². The minimum absolute atomic E-state index is 0.218. The molecule has 4 nitrogen and oxygen atoms in total. The maximum absolute atomic E-state index is 10.6.